The number of carbonyl (C=O) groups excluding carboxylic acids is 1. The van der Waals surface area contributed by atoms with E-state index in [0.29, 0.717) is 6.42 Å². The van der Waals surface area contributed by atoms with Crippen molar-refractivity contribution in [3.63, 3.8) is 0 Å². The van der Waals surface area contributed by atoms with E-state index in [1.807, 2.05) is 23.2 Å². The number of hydrogen-bond donors (Lipinski definition) is 1. The van der Waals surface area contributed by atoms with Crippen molar-refractivity contribution in [2.24, 2.45) is 5.41 Å². The molecule has 27 heavy (non-hydrogen) atoms. The quantitative estimate of drug-likeness (QED) is 0.847. The maximum absolute atomic E-state index is 12.5. The van der Waals surface area contributed by atoms with Crippen LogP contribution in [0.5, 0.6) is 0 Å². The van der Waals surface area contributed by atoms with E-state index in [4.69, 9.17) is 4.74 Å². The van der Waals surface area contributed by atoms with E-state index in [1.165, 1.54) is 0 Å². The van der Waals surface area contributed by atoms with Crippen LogP contribution >= 0.6 is 0 Å². The summed E-state index contributed by atoms with van der Waals surface area (Å²) in [6.45, 7) is 5.23. The summed E-state index contributed by atoms with van der Waals surface area (Å²) in [5.74, 6) is 0.259. The number of carbonyl (C=O) groups is 1. The Morgan fingerprint density at radius 2 is 2.19 bits per heavy atom. The lowest BCUT2D eigenvalue weighted by atomic mass is 9.76. The Morgan fingerprint density at radius 1 is 1.33 bits per heavy atom. The van der Waals surface area contributed by atoms with Gasteiger partial charge in [-0.2, -0.15) is 0 Å². The third-order valence-corrected chi connectivity index (χ3v) is 6.52. The van der Waals surface area contributed by atoms with Crippen LogP contribution in [0.2, 0.25) is 0 Å². The molecule has 0 saturated carbocycles. The number of likely N-dealkylation sites (tertiary alicyclic amines) is 2. The number of aliphatic hydroxyl groups is 1. The highest BCUT2D eigenvalue weighted by molar-refractivity contribution is 5.76. The highest BCUT2D eigenvalue weighted by Crippen LogP contribution is 2.42. The second-order valence-electron chi connectivity index (χ2n) is 8.58. The van der Waals surface area contributed by atoms with Gasteiger partial charge in [-0.15, -0.1) is 0 Å². The van der Waals surface area contributed by atoms with Gasteiger partial charge < -0.3 is 14.7 Å². The number of amides is 1. The zero-order chi connectivity index (χ0) is 18.7. The van der Waals surface area contributed by atoms with Crippen molar-refractivity contribution in [3.8, 4) is 0 Å². The Labute approximate surface area is 161 Å². The molecule has 1 spiro atoms. The molecule has 1 aromatic heterocycles. The summed E-state index contributed by atoms with van der Waals surface area (Å²) in [6.07, 6.45) is 9.12. The van der Waals surface area contributed by atoms with Gasteiger partial charge in [-0.05, 0) is 49.1 Å². The molecule has 1 amide bonds. The Hall–Kier alpha value is -1.50. The maximum atomic E-state index is 12.5. The molecule has 2 atom stereocenters. The minimum absolute atomic E-state index is 0.165. The van der Waals surface area contributed by atoms with Crippen LogP contribution < -0.4 is 0 Å². The molecule has 4 rings (SSSR count). The Balaban J connectivity index is 1.21. The zero-order valence-corrected chi connectivity index (χ0v) is 16.1. The van der Waals surface area contributed by atoms with Crippen LogP contribution in [0.15, 0.2) is 24.5 Å². The van der Waals surface area contributed by atoms with Gasteiger partial charge in [0.2, 0.25) is 5.91 Å². The molecule has 1 N–H and O–H groups in total. The van der Waals surface area contributed by atoms with Gasteiger partial charge in [-0.1, -0.05) is 6.07 Å². The first kappa shape index (κ1) is 18.8. The van der Waals surface area contributed by atoms with Crippen molar-refractivity contribution < 1.29 is 14.6 Å². The predicted molar refractivity (Wildman–Crippen MR) is 102 cm³/mol. The number of rotatable bonds is 5. The van der Waals surface area contributed by atoms with Gasteiger partial charge in [-0.25, -0.2) is 0 Å². The number of piperidine rings is 1. The van der Waals surface area contributed by atoms with E-state index in [1.54, 1.807) is 6.20 Å². The first-order valence-corrected chi connectivity index (χ1v) is 10.3. The van der Waals surface area contributed by atoms with Crippen LogP contribution in [-0.4, -0.2) is 77.3 Å². The lowest BCUT2D eigenvalue weighted by Crippen LogP contribution is -2.43. The van der Waals surface area contributed by atoms with Crippen molar-refractivity contribution in [1.82, 2.24) is 14.8 Å². The van der Waals surface area contributed by atoms with Gasteiger partial charge in [-0.3, -0.25) is 14.7 Å². The van der Waals surface area contributed by atoms with Crippen LogP contribution in [0, 0.1) is 5.41 Å². The second kappa shape index (κ2) is 8.25. The number of aliphatic hydroxyl groups excluding tert-OH is 1. The Morgan fingerprint density at radius 3 is 2.89 bits per heavy atom. The average Bonchev–Trinajstić information content (AvgIpc) is 3.27. The van der Waals surface area contributed by atoms with E-state index in [0.717, 1.165) is 77.0 Å². The molecule has 3 aliphatic heterocycles. The van der Waals surface area contributed by atoms with Crippen molar-refractivity contribution in [3.05, 3.63) is 30.1 Å². The summed E-state index contributed by atoms with van der Waals surface area (Å²) in [6, 6.07) is 3.95. The van der Waals surface area contributed by atoms with E-state index >= 15 is 0 Å². The molecule has 0 unspecified atom stereocenters. The Bertz CT molecular complexity index is 631. The number of pyridine rings is 1. The van der Waals surface area contributed by atoms with Gasteiger partial charge >= 0.3 is 0 Å². The summed E-state index contributed by atoms with van der Waals surface area (Å²) in [5, 5.41) is 9.69. The fourth-order valence-corrected chi connectivity index (χ4v) is 4.81. The monoisotopic (exact) mass is 373 g/mol. The highest BCUT2D eigenvalue weighted by atomic mass is 16.5. The molecular weight excluding hydrogens is 342 g/mol. The first-order chi connectivity index (χ1) is 13.1. The Kier molecular flexibility index (Phi) is 5.76. The minimum atomic E-state index is -0.165. The highest BCUT2D eigenvalue weighted by Gasteiger charge is 2.43. The van der Waals surface area contributed by atoms with Gasteiger partial charge in [0.25, 0.3) is 0 Å². The zero-order valence-electron chi connectivity index (χ0n) is 16.1. The molecule has 4 heterocycles. The van der Waals surface area contributed by atoms with E-state index in [2.05, 4.69) is 9.88 Å². The molecule has 0 bridgehead atoms. The fraction of sp³-hybridized carbons (Fsp3) is 0.714. The molecular formula is C21H31N3O3. The molecule has 0 radical (unpaired) electrons. The predicted octanol–water partition coefficient (Wildman–Crippen LogP) is 1.48. The SMILES string of the molecule is O=C(CCc1cccnc1)N1CCC2(CC1)CO[C@H](CN1CC[C@@H](O)C1)C2. The molecule has 6 nitrogen and oxygen atoms in total. The summed E-state index contributed by atoms with van der Waals surface area (Å²) in [7, 11) is 0. The minimum Gasteiger partial charge on any atom is -0.392 e. The summed E-state index contributed by atoms with van der Waals surface area (Å²) < 4.78 is 6.11. The average molecular weight is 373 g/mol. The van der Waals surface area contributed by atoms with Crippen LogP contribution in [0.25, 0.3) is 0 Å². The molecule has 0 aliphatic carbocycles. The smallest absolute Gasteiger partial charge is 0.222 e. The fourth-order valence-electron chi connectivity index (χ4n) is 4.81. The van der Waals surface area contributed by atoms with E-state index in [-0.39, 0.29) is 23.5 Å². The van der Waals surface area contributed by atoms with Gasteiger partial charge in [0, 0.05) is 51.5 Å². The standard InChI is InChI=1S/C21H31N3O3/c25-18-5-9-23(14-18)15-19-12-21(16-27-19)6-10-24(11-7-21)20(26)4-3-17-2-1-8-22-13-17/h1-2,8,13,18-19,25H,3-7,9-12,14-16H2/t18-,19+/m1/s1. The molecule has 6 heteroatoms. The van der Waals surface area contributed by atoms with Crippen molar-refractivity contribution in [1.29, 1.82) is 0 Å². The molecule has 3 fully saturated rings. The third-order valence-electron chi connectivity index (χ3n) is 6.52. The third kappa shape index (κ3) is 4.68. The molecule has 0 aromatic carbocycles. The number of aryl methyl sites for hydroxylation is 1. The normalized spacial score (nSPS) is 28.1. The number of nitrogens with zero attached hydrogens (tertiary/aromatic N) is 3. The molecule has 148 valence electrons. The lowest BCUT2D eigenvalue weighted by molar-refractivity contribution is -0.133. The van der Waals surface area contributed by atoms with Gasteiger partial charge in [0.15, 0.2) is 0 Å². The summed E-state index contributed by atoms with van der Waals surface area (Å²) >= 11 is 0. The summed E-state index contributed by atoms with van der Waals surface area (Å²) in [4.78, 5) is 21.0. The van der Waals surface area contributed by atoms with Crippen LogP contribution in [0.1, 0.15) is 37.7 Å². The van der Waals surface area contributed by atoms with Crippen molar-refractivity contribution in [2.75, 3.05) is 39.3 Å². The van der Waals surface area contributed by atoms with Crippen LogP contribution in [-0.2, 0) is 16.0 Å². The number of aromatic nitrogens is 1. The maximum Gasteiger partial charge on any atom is 0.222 e. The van der Waals surface area contributed by atoms with Gasteiger partial charge in [0.1, 0.15) is 0 Å². The van der Waals surface area contributed by atoms with E-state index in [9.17, 15) is 9.90 Å². The van der Waals surface area contributed by atoms with E-state index < -0.39 is 0 Å². The van der Waals surface area contributed by atoms with Gasteiger partial charge in [0.05, 0.1) is 18.8 Å². The van der Waals surface area contributed by atoms with Crippen LogP contribution in [0.4, 0.5) is 0 Å². The molecule has 3 aliphatic rings. The number of β-amino-alcohol motifs (C(OH)–C–C–N with tert-alkyl or cyclic N) is 1. The molecule has 1 aromatic rings. The van der Waals surface area contributed by atoms with Crippen molar-refractivity contribution in [2.45, 2.75) is 50.7 Å². The number of hydrogen-bond acceptors (Lipinski definition) is 5. The second-order valence-corrected chi connectivity index (χ2v) is 8.58. The summed E-state index contributed by atoms with van der Waals surface area (Å²) in [5.41, 5.74) is 1.38. The topological polar surface area (TPSA) is 65.9 Å². The van der Waals surface area contributed by atoms with Crippen LogP contribution in [0.3, 0.4) is 0 Å². The number of ether oxygens (including phenoxy) is 1. The lowest BCUT2D eigenvalue weighted by Gasteiger charge is -2.38. The largest absolute Gasteiger partial charge is 0.392 e. The van der Waals surface area contributed by atoms with Crippen molar-refractivity contribution >= 4 is 5.91 Å². The first-order valence-electron chi connectivity index (χ1n) is 10.3. The molecule has 3 saturated heterocycles.